The lowest BCUT2D eigenvalue weighted by atomic mass is 9.91. The molecule has 1 aromatic carbocycles. The Balaban J connectivity index is 1.47. The monoisotopic (exact) mass is 388 g/mol. The van der Waals surface area contributed by atoms with E-state index in [4.69, 9.17) is 0 Å². The molecule has 3 aromatic rings. The van der Waals surface area contributed by atoms with Crippen molar-refractivity contribution in [2.45, 2.75) is 31.4 Å². The topological polar surface area (TPSA) is 34.0 Å². The molecule has 0 atom stereocenters. The largest absolute Gasteiger partial charge is 0.390 e. The standard InChI is InChI=1S/C21H23F3N4/c1-27-14-19(13-26-27)16-2-3-17-12-25-20(11-18(17)10-16)15-4-7-28(8-5-15)9-6-21(22,23)24/h2-3,10-15H,4-9H2,1H3. The highest BCUT2D eigenvalue weighted by atomic mass is 19.4. The van der Waals surface area contributed by atoms with E-state index in [2.05, 4.69) is 34.3 Å². The third-order valence-electron chi connectivity index (χ3n) is 5.50. The van der Waals surface area contributed by atoms with Gasteiger partial charge in [0, 0.05) is 48.5 Å². The Hall–Kier alpha value is -2.41. The molecule has 1 fully saturated rings. The number of benzene rings is 1. The van der Waals surface area contributed by atoms with E-state index >= 15 is 0 Å². The van der Waals surface area contributed by atoms with Crippen molar-refractivity contribution in [3.8, 4) is 11.1 Å². The number of rotatable bonds is 4. The second kappa shape index (κ2) is 7.54. The summed E-state index contributed by atoms with van der Waals surface area (Å²) in [4.78, 5) is 6.54. The molecular weight excluding hydrogens is 365 g/mol. The molecule has 0 unspecified atom stereocenters. The van der Waals surface area contributed by atoms with Gasteiger partial charge in [-0.3, -0.25) is 9.67 Å². The summed E-state index contributed by atoms with van der Waals surface area (Å²) >= 11 is 0. The number of hydrogen-bond donors (Lipinski definition) is 0. The van der Waals surface area contributed by atoms with Crippen LogP contribution in [0.5, 0.6) is 0 Å². The van der Waals surface area contributed by atoms with E-state index in [-0.39, 0.29) is 6.54 Å². The summed E-state index contributed by atoms with van der Waals surface area (Å²) in [7, 11) is 1.90. The van der Waals surface area contributed by atoms with Crippen molar-refractivity contribution in [2.75, 3.05) is 19.6 Å². The summed E-state index contributed by atoms with van der Waals surface area (Å²) in [5.41, 5.74) is 3.21. The van der Waals surface area contributed by atoms with Crippen LogP contribution in [0.2, 0.25) is 0 Å². The number of piperidine rings is 1. The first-order valence-electron chi connectivity index (χ1n) is 9.55. The van der Waals surface area contributed by atoms with Gasteiger partial charge in [-0.2, -0.15) is 18.3 Å². The van der Waals surface area contributed by atoms with Crippen molar-refractivity contribution in [3.05, 3.63) is 48.5 Å². The Morgan fingerprint density at radius 3 is 2.50 bits per heavy atom. The van der Waals surface area contributed by atoms with E-state index in [1.54, 1.807) is 4.68 Å². The summed E-state index contributed by atoms with van der Waals surface area (Å²) in [6.45, 7) is 1.47. The summed E-state index contributed by atoms with van der Waals surface area (Å²) < 4.78 is 39.0. The molecule has 0 radical (unpaired) electrons. The fourth-order valence-electron chi connectivity index (χ4n) is 3.87. The maximum atomic E-state index is 12.4. The summed E-state index contributed by atoms with van der Waals surface area (Å²) in [6.07, 6.45) is 2.61. The average Bonchev–Trinajstić information content (AvgIpc) is 3.12. The summed E-state index contributed by atoms with van der Waals surface area (Å²) in [5.74, 6) is 0.300. The van der Waals surface area contributed by atoms with Gasteiger partial charge in [0.1, 0.15) is 0 Å². The van der Waals surface area contributed by atoms with Crippen LogP contribution in [-0.2, 0) is 7.05 Å². The van der Waals surface area contributed by atoms with Gasteiger partial charge in [-0.15, -0.1) is 0 Å². The SMILES string of the molecule is Cn1cc(-c2ccc3cnc(C4CCN(CCC(F)(F)F)CC4)cc3c2)cn1. The predicted molar refractivity (Wildman–Crippen MR) is 103 cm³/mol. The van der Waals surface area contributed by atoms with Crippen LogP contribution in [-0.4, -0.2) is 45.5 Å². The molecule has 28 heavy (non-hydrogen) atoms. The highest BCUT2D eigenvalue weighted by molar-refractivity contribution is 5.86. The molecule has 1 aliphatic heterocycles. The predicted octanol–water partition coefficient (Wildman–Crippen LogP) is 4.77. The van der Waals surface area contributed by atoms with Crippen LogP contribution in [0.15, 0.2) is 42.9 Å². The number of pyridine rings is 1. The normalized spacial score (nSPS) is 16.7. The van der Waals surface area contributed by atoms with Crippen molar-refractivity contribution in [3.63, 3.8) is 0 Å². The van der Waals surface area contributed by atoms with Crippen molar-refractivity contribution in [2.24, 2.45) is 7.05 Å². The number of aromatic nitrogens is 3. The minimum absolute atomic E-state index is 0.0931. The maximum Gasteiger partial charge on any atom is 0.390 e. The zero-order chi connectivity index (χ0) is 19.7. The van der Waals surface area contributed by atoms with Crippen LogP contribution in [0.25, 0.3) is 21.9 Å². The number of halogens is 3. The zero-order valence-corrected chi connectivity index (χ0v) is 15.8. The van der Waals surface area contributed by atoms with Crippen molar-refractivity contribution >= 4 is 10.8 Å². The van der Waals surface area contributed by atoms with E-state index in [9.17, 15) is 13.2 Å². The highest BCUT2D eigenvalue weighted by Gasteiger charge is 2.29. The average molecular weight is 388 g/mol. The molecule has 1 saturated heterocycles. The summed E-state index contributed by atoms with van der Waals surface area (Å²) in [6, 6.07) is 8.41. The zero-order valence-electron chi connectivity index (χ0n) is 15.8. The number of nitrogens with zero attached hydrogens (tertiary/aromatic N) is 4. The molecule has 0 amide bonds. The Morgan fingerprint density at radius 1 is 1.04 bits per heavy atom. The first kappa shape index (κ1) is 18.9. The molecule has 0 saturated carbocycles. The number of aryl methyl sites for hydroxylation is 1. The van der Waals surface area contributed by atoms with Crippen LogP contribution in [0, 0.1) is 0 Å². The van der Waals surface area contributed by atoms with Crippen LogP contribution in [0.3, 0.4) is 0 Å². The van der Waals surface area contributed by atoms with Gasteiger partial charge >= 0.3 is 6.18 Å². The first-order chi connectivity index (χ1) is 13.4. The van der Waals surface area contributed by atoms with Gasteiger partial charge in [0.25, 0.3) is 0 Å². The van der Waals surface area contributed by atoms with Crippen LogP contribution in [0.4, 0.5) is 13.2 Å². The Labute approximate surface area is 162 Å². The molecule has 0 bridgehead atoms. The minimum atomic E-state index is -4.08. The third kappa shape index (κ3) is 4.35. The Bertz CT molecular complexity index is 956. The van der Waals surface area contributed by atoms with Crippen LogP contribution < -0.4 is 0 Å². The second-order valence-electron chi connectivity index (χ2n) is 7.55. The van der Waals surface area contributed by atoms with Crippen LogP contribution >= 0.6 is 0 Å². The molecule has 7 heteroatoms. The van der Waals surface area contributed by atoms with Gasteiger partial charge in [-0.1, -0.05) is 12.1 Å². The molecule has 0 N–H and O–H groups in total. The third-order valence-corrected chi connectivity index (χ3v) is 5.50. The second-order valence-corrected chi connectivity index (χ2v) is 7.55. The van der Waals surface area contributed by atoms with E-state index in [0.717, 1.165) is 40.4 Å². The van der Waals surface area contributed by atoms with Gasteiger partial charge in [0.05, 0.1) is 12.6 Å². The molecule has 0 aliphatic carbocycles. The van der Waals surface area contributed by atoms with Gasteiger partial charge < -0.3 is 4.90 Å². The lowest BCUT2D eigenvalue weighted by molar-refractivity contribution is -0.138. The molecule has 4 nitrogen and oxygen atoms in total. The molecular formula is C21H23F3N4. The first-order valence-corrected chi connectivity index (χ1v) is 9.55. The molecule has 4 rings (SSSR count). The minimum Gasteiger partial charge on any atom is -0.303 e. The van der Waals surface area contributed by atoms with Crippen molar-refractivity contribution in [1.29, 1.82) is 0 Å². The van der Waals surface area contributed by atoms with Gasteiger partial charge in [-0.25, -0.2) is 0 Å². The Kier molecular flexibility index (Phi) is 5.10. The molecule has 2 aromatic heterocycles. The molecule has 0 spiro atoms. The number of fused-ring (bicyclic) bond motifs is 1. The summed E-state index contributed by atoms with van der Waals surface area (Å²) in [5, 5.41) is 6.44. The Morgan fingerprint density at radius 2 is 1.82 bits per heavy atom. The maximum absolute atomic E-state index is 12.4. The van der Waals surface area contributed by atoms with Gasteiger partial charge in [0.15, 0.2) is 0 Å². The fraction of sp³-hybridized carbons (Fsp3) is 0.429. The number of likely N-dealkylation sites (tertiary alicyclic amines) is 1. The van der Waals surface area contributed by atoms with Gasteiger partial charge in [-0.05, 0) is 49.0 Å². The van der Waals surface area contributed by atoms with Gasteiger partial charge in [0.2, 0.25) is 0 Å². The van der Waals surface area contributed by atoms with Crippen molar-refractivity contribution in [1.82, 2.24) is 19.7 Å². The number of hydrogen-bond acceptors (Lipinski definition) is 3. The lowest BCUT2D eigenvalue weighted by Crippen LogP contribution is -2.35. The lowest BCUT2D eigenvalue weighted by Gasteiger charge is -2.31. The van der Waals surface area contributed by atoms with Crippen molar-refractivity contribution < 1.29 is 13.2 Å². The van der Waals surface area contributed by atoms with E-state index in [1.165, 1.54) is 0 Å². The van der Waals surface area contributed by atoms with E-state index in [1.807, 2.05) is 30.5 Å². The number of alkyl halides is 3. The van der Waals surface area contributed by atoms with E-state index in [0.29, 0.717) is 19.0 Å². The smallest absolute Gasteiger partial charge is 0.303 e. The quantitative estimate of drug-likeness (QED) is 0.646. The highest BCUT2D eigenvalue weighted by Crippen LogP contribution is 2.31. The molecule has 1 aliphatic rings. The van der Waals surface area contributed by atoms with Crippen LogP contribution in [0.1, 0.15) is 30.9 Å². The molecule has 148 valence electrons. The fourth-order valence-corrected chi connectivity index (χ4v) is 3.87. The molecule has 3 heterocycles. The van der Waals surface area contributed by atoms with E-state index < -0.39 is 12.6 Å².